The van der Waals surface area contributed by atoms with E-state index in [0.29, 0.717) is 39.4 Å². The first-order valence-electron chi connectivity index (χ1n) is 11.7. The molecule has 0 aliphatic carbocycles. The molecule has 1 amide bonds. The first kappa shape index (κ1) is 31.8. The van der Waals surface area contributed by atoms with Gasteiger partial charge in [-0.15, -0.1) is 5.11 Å². The van der Waals surface area contributed by atoms with Gasteiger partial charge in [-0.25, -0.2) is 0 Å². The van der Waals surface area contributed by atoms with Crippen LogP contribution in [-0.4, -0.2) is 25.5 Å². The Labute approximate surface area is 263 Å². The number of rotatable bonds is 8. The molecule has 9 nitrogen and oxygen atoms in total. The summed E-state index contributed by atoms with van der Waals surface area (Å²) in [7, 11) is -4.65. The average molecular weight is 610 g/mol. The van der Waals surface area contributed by atoms with Gasteiger partial charge in [0.25, 0.3) is 16.0 Å². The van der Waals surface area contributed by atoms with Gasteiger partial charge in [-0.3, -0.25) is 9.35 Å². The minimum atomic E-state index is -4.65. The summed E-state index contributed by atoms with van der Waals surface area (Å²) < 4.78 is 39.0. The molecule has 13 heteroatoms. The summed E-state index contributed by atoms with van der Waals surface area (Å²) in [5.74, 6) is -0.963. The number of hydrogen-bond acceptors (Lipinski definition) is 7. The van der Waals surface area contributed by atoms with Crippen LogP contribution in [0.25, 0.3) is 10.8 Å². The van der Waals surface area contributed by atoms with Crippen LogP contribution in [0.2, 0.25) is 10.0 Å². The number of halogens is 2. The van der Waals surface area contributed by atoms with E-state index in [1.165, 1.54) is 24.3 Å². The van der Waals surface area contributed by atoms with Crippen molar-refractivity contribution in [2.45, 2.75) is 25.2 Å². The van der Waals surface area contributed by atoms with E-state index in [1.54, 1.807) is 43.3 Å². The van der Waals surface area contributed by atoms with Crippen molar-refractivity contribution in [3.05, 3.63) is 81.8 Å². The van der Waals surface area contributed by atoms with Gasteiger partial charge < -0.3 is 15.2 Å². The Hall–Kier alpha value is -2.70. The Bertz CT molecular complexity index is 1730. The molecular weight excluding hydrogens is 588 g/mol. The predicted octanol–water partition coefficient (Wildman–Crippen LogP) is 4.10. The molecule has 4 aromatic rings. The minimum Gasteiger partial charge on any atom is -0.870 e. The van der Waals surface area contributed by atoms with Crippen LogP contribution < -0.4 is 44.7 Å². The van der Waals surface area contributed by atoms with E-state index in [2.05, 4.69) is 15.5 Å². The molecule has 0 saturated heterocycles. The SMILES string of the molecule is CCOc1cc(Cl)cc(NC(=O)c2cc3ccccc3c(N=Nc3ccc(CC)c(S(=O)(=O)O)c3Cl)c2[O-])c1.[Na+]. The molecular formula is C27H22Cl2N3NaO6S. The number of carbonyl (C=O) groups excluding carboxylic acids is 1. The first-order valence-corrected chi connectivity index (χ1v) is 13.9. The van der Waals surface area contributed by atoms with Crippen LogP contribution >= 0.6 is 23.2 Å². The fraction of sp³-hybridized carbons (Fsp3) is 0.148. The van der Waals surface area contributed by atoms with Crippen molar-refractivity contribution < 1.29 is 57.2 Å². The third kappa shape index (κ3) is 6.95. The molecule has 0 aliphatic rings. The van der Waals surface area contributed by atoms with Crippen molar-refractivity contribution in [3.63, 3.8) is 0 Å². The number of nitrogens with one attached hydrogen (secondary N) is 1. The van der Waals surface area contributed by atoms with E-state index in [4.69, 9.17) is 27.9 Å². The largest absolute Gasteiger partial charge is 1.00 e. The van der Waals surface area contributed by atoms with Crippen LogP contribution in [0, 0.1) is 0 Å². The number of amides is 1. The molecule has 0 fully saturated rings. The van der Waals surface area contributed by atoms with Gasteiger partial charge in [0, 0.05) is 27.7 Å². The smallest absolute Gasteiger partial charge is 0.870 e. The van der Waals surface area contributed by atoms with E-state index in [1.807, 2.05) is 6.92 Å². The summed E-state index contributed by atoms with van der Waals surface area (Å²) in [4.78, 5) is 12.7. The zero-order chi connectivity index (χ0) is 28.3. The fourth-order valence-electron chi connectivity index (χ4n) is 3.98. The second-order valence-electron chi connectivity index (χ2n) is 8.30. The van der Waals surface area contributed by atoms with Crippen molar-refractivity contribution in [2.24, 2.45) is 10.2 Å². The van der Waals surface area contributed by atoms with Crippen molar-refractivity contribution >= 4 is 67.1 Å². The zero-order valence-corrected chi connectivity index (χ0v) is 26.1. The Kier molecular flexibility index (Phi) is 10.6. The Balaban J connectivity index is 0.00000441. The number of anilines is 1. The number of nitrogens with zero attached hydrogens (tertiary/aromatic N) is 2. The second-order valence-corrected chi connectivity index (χ2v) is 10.5. The number of azo groups is 1. The molecule has 4 aromatic carbocycles. The van der Waals surface area contributed by atoms with Gasteiger partial charge in [0.1, 0.15) is 16.3 Å². The second kappa shape index (κ2) is 13.3. The topological polar surface area (TPSA) is 140 Å². The molecule has 0 heterocycles. The number of carbonyl (C=O) groups is 1. The van der Waals surface area contributed by atoms with Gasteiger partial charge in [-0.1, -0.05) is 66.2 Å². The molecule has 0 saturated carbocycles. The molecule has 0 aliphatic heterocycles. The Morgan fingerprint density at radius 1 is 1.05 bits per heavy atom. The zero-order valence-electron chi connectivity index (χ0n) is 21.7. The Morgan fingerprint density at radius 3 is 2.45 bits per heavy atom. The van der Waals surface area contributed by atoms with Crippen molar-refractivity contribution in [1.29, 1.82) is 0 Å². The number of benzene rings is 4. The third-order valence-corrected chi connectivity index (χ3v) is 7.41. The summed E-state index contributed by atoms with van der Waals surface area (Å²) in [6.07, 6.45) is 0.289. The quantitative estimate of drug-likeness (QED) is 0.175. The van der Waals surface area contributed by atoms with Gasteiger partial charge in [-0.05, 0) is 48.6 Å². The van der Waals surface area contributed by atoms with Crippen LogP contribution in [0.5, 0.6) is 11.5 Å². The molecule has 0 bridgehead atoms. The van der Waals surface area contributed by atoms with Crippen molar-refractivity contribution in [1.82, 2.24) is 0 Å². The molecule has 2 N–H and O–H groups in total. The fourth-order valence-corrected chi connectivity index (χ4v) is 5.60. The molecule has 0 unspecified atom stereocenters. The van der Waals surface area contributed by atoms with Crippen LogP contribution in [-0.2, 0) is 16.5 Å². The van der Waals surface area contributed by atoms with Crippen LogP contribution in [0.1, 0.15) is 29.8 Å². The number of fused-ring (bicyclic) bond motifs is 1. The van der Waals surface area contributed by atoms with Gasteiger partial charge in [0.2, 0.25) is 0 Å². The predicted molar refractivity (Wildman–Crippen MR) is 149 cm³/mol. The van der Waals surface area contributed by atoms with Gasteiger partial charge >= 0.3 is 29.6 Å². The molecule has 40 heavy (non-hydrogen) atoms. The maximum atomic E-state index is 13.4. The van der Waals surface area contributed by atoms with Crippen molar-refractivity contribution in [3.8, 4) is 11.5 Å². The summed E-state index contributed by atoms with van der Waals surface area (Å²) in [6.45, 7) is 3.91. The molecule has 0 aromatic heterocycles. The maximum absolute atomic E-state index is 13.4. The number of hydrogen-bond donors (Lipinski definition) is 2. The summed E-state index contributed by atoms with van der Waals surface area (Å²) in [6, 6.07) is 15.8. The molecule has 0 spiro atoms. The van der Waals surface area contributed by atoms with E-state index >= 15 is 0 Å². The number of aryl methyl sites for hydroxylation is 1. The third-order valence-electron chi connectivity index (χ3n) is 5.72. The normalized spacial score (nSPS) is 11.4. The first-order chi connectivity index (χ1) is 18.5. The summed E-state index contributed by atoms with van der Waals surface area (Å²) in [5, 5.41) is 25.2. The van der Waals surface area contributed by atoms with E-state index in [9.17, 15) is 22.9 Å². The summed E-state index contributed by atoms with van der Waals surface area (Å²) in [5.41, 5.74) is 0.188. The molecule has 0 radical (unpaired) electrons. The van der Waals surface area contributed by atoms with E-state index < -0.39 is 26.7 Å². The maximum Gasteiger partial charge on any atom is 1.00 e. The van der Waals surface area contributed by atoms with Crippen LogP contribution in [0.4, 0.5) is 17.1 Å². The van der Waals surface area contributed by atoms with Crippen molar-refractivity contribution in [2.75, 3.05) is 11.9 Å². The standard InChI is InChI=1S/C27H23Cl2N3O6S.Na/c1-3-15-9-10-22(23(29)26(15)39(35,36)37)31-32-24-20-8-6-5-7-16(20)11-21(25(24)33)27(34)30-18-12-17(28)13-19(14-18)38-4-2;/h5-14,33H,3-4H2,1-2H3,(H,30,34)(H,35,36,37);/q;+1/p-1. The summed E-state index contributed by atoms with van der Waals surface area (Å²) >= 11 is 12.4. The van der Waals surface area contributed by atoms with E-state index in [0.717, 1.165) is 0 Å². The van der Waals surface area contributed by atoms with Gasteiger partial charge in [0.05, 0.1) is 17.3 Å². The molecule has 4 rings (SSSR count). The number of ether oxygens (including phenoxy) is 1. The minimum absolute atomic E-state index is 0. The van der Waals surface area contributed by atoms with Gasteiger partial charge in [-0.2, -0.15) is 13.5 Å². The monoisotopic (exact) mass is 609 g/mol. The average Bonchev–Trinajstić information content (AvgIpc) is 2.87. The van der Waals surface area contributed by atoms with Gasteiger partial charge in [0.15, 0.2) is 0 Å². The van der Waals surface area contributed by atoms with Crippen LogP contribution in [0.15, 0.2) is 75.8 Å². The molecule has 0 atom stereocenters. The van der Waals surface area contributed by atoms with Crippen LogP contribution in [0.3, 0.4) is 0 Å². The molecule has 202 valence electrons. The Morgan fingerprint density at radius 2 is 1.77 bits per heavy atom. The van der Waals surface area contributed by atoms with E-state index in [-0.39, 0.29) is 57.9 Å².